The first kappa shape index (κ1) is 17.9. The molecule has 2 heterocycles. The van der Waals surface area contributed by atoms with Crippen molar-refractivity contribution in [2.75, 3.05) is 27.1 Å². The van der Waals surface area contributed by atoms with Gasteiger partial charge in [0.1, 0.15) is 17.5 Å². The molecule has 0 atom stereocenters. The average molecular weight is 364 g/mol. The second-order valence-electron chi connectivity index (χ2n) is 5.25. The zero-order chi connectivity index (χ0) is 19.4. The highest BCUT2D eigenvalue weighted by atomic mass is 16.5. The fourth-order valence-electron chi connectivity index (χ4n) is 2.53. The molecule has 0 aliphatic rings. The molecule has 3 aromatic rings. The molecule has 136 valence electrons. The largest absolute Gasteiger partial charge is 0.493 e. The molecule has 0 bridgehead atoms. The number of benzene rings is 1. The van der Waals surface area contributed by atoms with Crippen LogP contribution >= 0.6 is 0 Å². The van der Waals surface area contributed by atoms with Gasteiger partial charge in [-0.25, -0.2) is 19.9 Å². The number of nitrogens with two attached hydrogens (primary N) is 1. The number of aromatic nitrogens is 4. The van der Waals surface area contributed by atoms with Crippen molar-refractivity contribution in [3.05, 3.63) is 36.2 Å². The van der Waals surface area contributed by atoms with Crippen molar-refractivity contribution in [2.24, 2.45) is 0 Å². The highest BCUT2D eigenvalue weighted by Crippen LogP contribution is 2.41. The lowest BCUT2D eigenvalue weighted by Crippen LogP contribution is -2.05. The van der Waals surface area contributed by atoms with Crippen LogP contribution in [0.1, 0.15) is 5.56 Å². The molecule has 0 unspecified atom stereocenters. The molecular weight excluding hydrogens is 348 g/mol. The first-order valence-electron chi connectivity index (χ1n) is 7.78. The summed E-state index contributed by atoms with van der Waals surface area (Å²) in [5, 5.41) is 9.55. The number of nitrogens with zero attached hydrogens (tertiary/aromatic N) is 5. The second kappa shape index (κ2) is 7.53. The molecule has 0 spiro atoms. The first-order valence-corrected chi connectivity index (χ1v) is 7.78. The number of ether oxygens (including phenoxy) is 3. The predicted molar refractivity (Wildman–Crippen MR) is 97.3 cm³/mol. The lowest BCUT2D eigenvalue weighted by molar-refractivity contribution is 0.324. The van der Waals surface area contributed by atoms with Crippen LogP contribution < -0.4 is 19.9 Å². The van der Waals surface area contributed by atoms with Crippen molar-refractivity contribution in [2.45, 2.75) is 0 Å². The topological polar surface area (TPSA) is 129 Å². The molecule has 0 saturated carbocycles. The van der Waals surface area contributed by atoms with E-state index in [0.29, 0.717) is 34.3 Å². The van der Waals surface area contributed by atoms with E-state index in [9.17, 15) is 5.26 Å². The summed E-state index contributed by atoms with van der Waals surface area (Å²) in [6.45, 7) is 0. The Kier molecular flexibility index (Phi) is 4.99. The summed E-state index contributed by atoms with van der Waals surface area (Å²) in [6.07, 6.45) is 3.14. The fourth-order valence-corrected chi connectivity index (χ4v) is 2.53. The Morgan fingerprint density at radius 1 is 0.926 bits per heavy atom. The van der Waals surface area contributed by atoms with Crippen molar-refractivity contribution >= 4 is 5.82 Å². The Morgan fingerprint density at radius 2 is 1.56 bits per heavy atom. The molecule has 0 saturated heterocycles. The van der Waals surface area contributed by atoms with Gasteiger partial charge in [0, 0.05) is 18.0 Å². The van der Waals surface area contributed by atoms with Gasteiger partial charge in [0.15, 0.2) is 23.1 Å². The van der Waals surface area contributed by atoms with Gasteiger partial charge in [-0.2, -0.15) is 5.26 Å². The maximum Gasteiger partial charge on any atom is 0.203 e. The Labute approximate surface area is 155 Å². The number of methoxy groups -OCH3 is 3. The van der Waals surface area contributed by atoms with Crippen LogP contribution in [0.5, 0.6) is 17.2 Å². The van der Waals surface area contributed by atoms with Gasteiger partial charge < -0.3 is 19.9 Å². The molecule has 0 aliphatic carbocycles. The van der Waals surface area contributed by atoms with E-state index in [2.05, 4.69) is 19.9 Å². The van der Waals surface area contributed by atoms with E-state index in [1.54, 1.807) is 30.6 Å². The van der Waals surface area contributed by atoms with Gasteiger partial charge in [0.2, 0.25) is 5.75 Å². The summed E-state index contributed by atoms with van der Waals surface area (Å²) in [4.78, 5) is 16.9. The summed E-state index contributed by atoms with van der Waals surface area (Å²) < 4.78 is 16.1. The van der Waals surface area contributed by atoms with Crippen LogP contribution in [-0.4, -0.2) is 41.3 Å². The van der Waals surface area contributed by atoms with E-state index in [1.807, 2.05) is 6.07 Å². The highest BCUT2D eigenvalue weighted by molar-refractivity contribution is 5.77. The van der Waals surface area contributed by atoms with Gasteiger partial charge in [0.05, 0.1) is 27.0 Å². The van der Waals surface area contributed by atoms with Gasteiger partial charge in [-0.05, 0) is 18.2 Å². The molecule has 9 heteroatoms. The van der Waals surface area contributed by atoms with Gasteiger partial charge in [0.25, 0.3) is 0 Å². The van der Waals surface area contributed by atoms with Crippen LogP contribution in [0.25, 0.3) is 22.9 Å². The monoisotopic (exact) mass is 364 g/mol. The molecule has 0 aliphatic heterocycles. The predicted octanol–water partition coefficient (Wildman–Crippen LogP) is 2.08. The minimum atomic E-state index is 0.0266. The Morgan fingerprint density at radius 3 is 2.07 bits per heavy atom. The van der Waals surface area contributed by atoms with Gasteiger partial charge in [-0.3, -0.25) is 0 Å². The van der Waals surface area contributed by atoms with Crippen molar-refractivity contribution in [1.82, 2.24) is 19.9 Å². The van der Waals surface area contributed by atoms with E-state index in [4.69, 9.17) is 19.9 Å². The first-order chi connectivity index (χ1) is 13.1. The van der Waals surface area contributed by atoms with Crippen LogP contribution in [0, 0.1) is 11.3 Å². The standard InChI is InChI=1S/C18H16N6O3/c1-25-12-7-10(8-13(26-2)15(12)27-3)14-11(9-19)16(20)24-18(23-14)17-21-5-4-6-22-17/h4-8H,1-3H3,(H2,20,23,24). The van der Waals surface area contributed by atoms with Crippen LogP contribution in [0.3, 0.4) is 0 Å². The Hall–Kier alpha value is -3.93. The highest BCUT2D eigenvalue weighted by Gasteiger charge is 2.20. The Bertz CT molecular complexity index is 993. The van der Waals surface area contributed by atoms with Crippen molar-refractivity contribution in [3.63, 3.8) is 0 Å². The minimum absolute atomic E-state index is 0.0266. The van der Waals surface area contributed by atoms with Crippen LogP contribution in [0.15, 0.2) is 30.6 Å². The van der Waals surface area contributed by atoms with Gasteiger partial charge in [-0.15, -0.1) is 0 Å². The quantitative estimate of drug-likeness (QED) is 0.723. The van der Waals surface area contributed by atoms with Gasteiger partial charge in [-0.1, -0.05) is 0 Å². The number of rotatable bonds is 5. The third-order valence-corrected chi connectivity index (χ3v) is 3.75. The lowest BCUT2D eigenvalue weighted by atomic mass is 10.1. The molecule has 3 rings (SSSR count). The van der Waals surface area contributed by atoms with Crippen molar-refractivity contribution in [1.29, 1.82) is 5.26 Å². The molecule has 2 N–H and O–H groups in total. The molecule has 0 fully saturated rings. The molecule has 27 heavy (non-hydrogen) atoms. The van der Waals surface area contributed by atoms with E-state index >= 15 is 0 Å². The number of hydrogen-bond donors (Lipinski definition) is 1. The number of nitrogen functional groups attached to an aromatic ring is 1. The second-order valence-corrected chi connectivity index (χ2v) is 5.25. The zero-order valence-corrected chi connectivity index (χ0v) is 14.9. The molecule has 9 nitrogen and oxygen atoms in total. The van der Waals surface area contributed by atoms with Crippen LogP contribution in [0.4, 0.5) is 5.82 Å². The summed E-state index contributed by atoms with van der Waals surface area (Å²) in [7, 11) is 4.52. The summed E-state index contributed by atoms with van der Waals surface area (Å²) in [5.74, 6) is 1.80. The molecule has 0 radical (unpaired) electrons. The Balaban J connectivity index is 2.28. The lowest BCUT2D eigenvalue weighted by Gasteiger charge is -2.15. The molecule has 2 aromatic heterocycles. The minimum Gasteiger partial charge on any atom is -0.493 e. The summed E-state index contributed by atoms with van der Waals surface area (Å²) in [5.41, 5.74) is 6.98. The molecular formula is C18H16N6O3. The molecule has 0 amide bonds. The summed E-state index contributed by atoms with van der Waals surface area (Å²) >= 11 is 0. The van der Waals surface area contributed by atoms with Crippen molar-refractivity contribution in [3.8, 4) is 46.2 Å². The van der Waals surface area contributed by atoms with Crippen LogP contribution in [0.2, 0.25) is 0 Å². The smallest absolute Gasteiger partial charge is 0.203 e. The third-order valence-electron chi connectivity index (χ3n) is 3.75. The van der Waals surface area contributed by atoms with Crippen LogP contribution in [-0.2, 0) is 0 Å². The maximum atomic E-state index is 9.55. The molecule has 1 aromatic carbocycles. The number of nitriles is 1. The zero-order valence-electron chi connectivity index (χ0n) is 14.9. The number of anilines is 1. The van der Waals surface area contributed by atoms with E-state index in [1.165, 1.54) is 21.3 Å². The fraction of sp³-hybridized carbons (Fsp3) is 0.167. The number of hydrogen-bond acceptors (Lipinski definition) is 9. The maximum absolute atomic E-state index is 9.55. The SMILES string of the molecule is COc1cc(-c2nc(-c3ncccn3)nc(N)c2C#N)cc(OC)c1OC. The summed E-state index contributed by atoms with van der Waals surface area (Å²) in [6, 6.07) is 7.08. The third kappa shape index (κ3) is 3.28. The van der Waals surface area contributed by atoms with E-state index in [-0.39, 0.29) is 17.2 Å². The van der Waals surface area contributed by atoms with E-state index < -0.39 is 0 Å². The average Bonchev–Trinajstić information content (AvgIpc) is 2.72. The van der Waals surface area contributed by atoms with Gasteiger partial charge >= 0.3 is 0 Å². The normalized spacial score (nSPS) is 10.1. The van der Waals surface area contributed by atoms with E-state index in [0.717, 1.165) is 0 Å². The van der Waals surface area contributed by atoms with Crippen molar-refractivity contribution < 1.29 is 14.2 Å².